The molecule has 0 bridgehead atoms. The van der Waals surface area contributed by atoms with Gasteiger partial charge in [0.05, 0.1) is 30.1 Å². The predicted molar refractivity (Wildman–Crippen MR) is 96.2 cm³/mol. The molecule has 2 N–H and O–H groups in total. The van der Waals surface area contributed by atoms with Crippen molar-refractivity contribution in [3.05, 3.63) is 53.4 Å². The van der Waals surface area contributed by atoms with Gasteiger partial charge in [-0.2, -0.15) is 0 Å². The van der Waals surface area contributed by atoms with Crippen LogP contribution in [0.4, 0.5) is 0 Å². The van der Waals surface area contributed by atoms with Crippen LogP contribution in [-0.4, -0.2) is 61.6 Å². The van der Waals surface area contributed by atoms with E-state index in [9.17, 15) is 10.2 Å². The van der Waals surface area contributed by atoms with Crippen molar-refractivity contribution in [2.45, 2.75) is 6.42 Å². The zero-order chi connectivity index (χ0) is 15.9. The Kier molecular flexibility index (Phi) is 8.47. The van der Waals surface area contributed by atoms with E-state index in [0.717, 1.165) is 0 Å². The van der Waals surface area contributed by atoms with Gasteiger partial charge >= 0.3 is 51.4 Å². The molecule has 114 valence electrons. The minimum absolute atomic E-state index is 0. The van der Waals surface area contributed by atoms with E-state index in [4.69, 9.17) is 69.6 Å². The molecule has 0 saturated heterocycles. The van der Waals surface area contributed by atoms with Gasteiger partial charge in [0.15, 0.2) is 0 Å². The van der Waals surface area contributed by atoms with Gasteiger partial charge in [-0.1, -0.05) is 69.6 Å². The van der Waals surface area contributed by atoms with Crippen LogP contribution in [0.5, 0.6) is 11.5 Å². The summed E-state index contributed by atoms with van der Waals surface area (Å²) in [5, 5.41) is 20.6. The summed E-state index contributed by atoms with van der Waals surface area (Å²) in [5.74, 6) is -0.504. The average Bonchev–Trinajstić information content (AvgIpc) is 2.42. The average molecular weight is 447 g/mol. The van der Waals surface area contributed by atoms with Crippen molar-refractivity contribution in [2.75, 3.05) is 0 Å². The molecule has 0 heterocycles. The molecule has 0 aliphatic rings. The van der Waals surface area contributed by atoms with Crippen molar-refractivity contribution in [1.29, 1.82) is 0 Å². The molecule has 0 aliphatic carbocycles. The summed E-state index contributed by atoms with van der Waals surface area (Å²) in [4.78, 5) is 0. The quantitative estimate of drug-likeness (QED) is 0.441. The topological polar surface area (TPSA) is 40.5 Å². The van der Waals surface area contributed by atoms with Gasteiger partial charge in [-0.15, -0.1) is 0 Å². The molecule has 0 atom stereocenters. The normalized spacial score (nSPS) is 10.5. The van der Waals surface area contributed by atoms with Crippen molar-refractivity contribution in [3.8, 4) is 11.5 Å². The van der Waals surface area contributed by atoms with E-state index >= 15 is 0 Å². The molecule has 2 aromatic rings. The van der Waals surface area contributed by atoms with Crippen molar-refractivity contribution in [1.82, 2.24) is 0 Å². The standard InChI is InChI=1S/C13H6Cl6O2.K.H/c14-6-2-8(16)12(20)4(10(6)18)1-5-11(19)7(15)3-9(17)13(5)21;;/h2-3,20-21H,1H2;;. The molecule has 2 rings (SSSR count). The molecule has 0 fully saturated rings. The van der Waals surface area contributed by atoms with Gasteiger partial charge in [-0.3, -0.25) is 0 Å². The van der Waals surface area contributed by atoms with Crippen molar-refractivity contribution in [2.24, 2.45) is 0 Å². The maximum absolute atomic E-state index is 10.0. The summed E-state index contributed by atoms with van der Waals surface area (Å²) in [7, 11) is 0. The van der Waals surface area contributed by atoms with Crippen LogP contribution in [0.25, 0.3) is 0 Å². The second-order valence-electron chi connectivity index (χ2n) is 4.14. The summed E-state index contributed by atoms with van der Waals surface area (Å²) >= 11 is 35.7. The van der Waals surface area contributed by atoms with Gasteiger partial charge in [0.25, 0.3) is 0 Å². The van der Waals surface area contributed by atoms with Crippen molar-refractivity contribution >= 4 is 121 Å². The Hall–Kier alpha value is 1.42. The second kappa shape index (κ2) is 8.68. The molecule has 0 spiro atoms. The number of benzene rings is 2. The molecule has 0 aliphatic heterocycles. The molecule has 0 unspecified atom stereocenters. The first-order valence-electron chi connectivity index (χ1n) is 5.44. The van der Waals surface area contributed by atoms with Crippen LogP contribution < -0.4 is 0 Å². The molecular formula is C13H7Cl6KO2. The Labute approximate surface area is 199 Å². The third-order valence-corrected chi connectivity index (χ3v) is 5.06. The van der Waals surface area contributed by atoms with Crippen LogP contribution in [0, 0.1) is 0 Å². The molecule has 2 nitrogen and oxygen atoms in total. The van der Waals surface area contributed by atoms with E-state index in [1.165, 1.54) is 12.1 Å². The van der Waals surface area contributed by atoms with E-state index in [1.807, 2.05) is 0 Å². The number of phenolic OH excluding ortho intramolecular Hbond substituents is 2. The number of hydrogen-bond acceptors (Lipinski definition) is 2. The second-order valence-corrected chi connectivity index (χ2v) is 6.52. The van der Waals surface area contributed by atoms with Gasteiger partial charge in [0.1, 0.15) is 11.5 Å². The molecule has 0 radical (unpaired) electrons. The number of rotatable bonds is 2. The number of aromatic hydroxyl groups is 2. The number of phenols is 2. The minimum atomic E-state index is -0.252. The van der Waals surface area contributed by atoms with Crippen molar-refractivity contribution < 1.29 is 10.2 Å². The molecular weight excluding hydrogens is 440 g/mol. The summed E-state index contributed by atoms with van der Waals surface area (Å²) in [6, 6.07) is 2.63. The Morgan fingerprint density at radius 1 is 0.636 bits per heavy atom. The number of hydrogen-bond donors (Lipinski definition) is 2. The van der Waals surface area contributed by atoms with Crippen LogP contribution in [0.3, 0.4) is 0 Å². The first kappa shape index (κ1) is 21.5. The molecule has 0 amide bonds. The summed E-state index contributed by atoms with van der Waals surface area (Å²) in [5.41, 5.74) is 0.425. The van der Waals surface area contributed by atoms with Crippen LogP contribution >= 0.6 is 69.6 Å². The molecule has 22 heavy (non-hydrogen) atoms. The fourth-order valence-electron chi connectivity index (χ4n) is 1.77. The van der Waals surface area contributed by atoms with E-state index < -0.39 is 0 Å². The fourth-order valence-corrected chi connectivity index (χ4v) is 3.20. The molecule has 0 saturated carbocycles. The van der Waals surface area contributed by atoms with Crippen LogP contribution in [0.1, 0.15) is 11.1 Å². The van der Waals surface area contributed by atoms with E-state index in [1.54, 1.807) is 0 Å². The van der Waals surface area contributed by atoms with Crippen LogP contribution in [0.2, 0.25) is 30.1 Å². The van der Waals surface area contributed by atoms with E-state index in [2.05, 4.69) is 0 Å². The zero-order valence-corrected chi connectivity index (χ0v) is 14.6. The van der Waals surface area contributed by atoms with Gasteiger partial charge in [-0.25, -0.2) is 0 Å². The predicted octanol–water partition coefficient (Wildman–Crippen LogP) is 5.96. The monoisotopic (exact) mass is 444 g/mol. The van der Waals surface area contributed by atoms with Gasteiger partial charge in [0.2, 0.25) is 0 Å². The SMILES string of the molecule is Oc1c(Cl)cc(Cl)c(Cl)c1Cc1c(O)c(Cl)cc(Cl)c1Cl.[KH]. The zero-order valence-electron chi connectivity index (χ0n) is 10.0. The Balaban J connectivity index is 0.00000242. The summed E-state index contributed by atoms with van der Waals surface area (Å²) < 4.78 is 0. The van der Waals surface area contributed by atoms with Gasteiger partial charge in [-0.05, 0) is 12.1 Å². The van der Waals surface area contributed by atoms with Gasteiger partial charge < -0.3 is 10.2 Å². The number of halogens is 6. The third kappa shape index (κ3) is 4.33. The van der Waals surface area contributed by atoms with Crippen LogP contribution in [-0.2, 0) is 6.42 Å². The first-order chi connectivity index (χ1) is 9.73. The fraction of sp³-hybridized carbons (Fsp3) is 0.0769. The Morgan fingerprint density at radius 3 is 1.27 bits per heavy atom. The summed E-state index contributed by atoms with van der Waals surface area (Å²) in [6.45, 7) is 0. The summed E-state index contributed by atoms with van der Waals surface area (Å²) in [6.07, 6.45) is -0.0457. The molecule has 2 aromatic carbocycles. The van der Waals surface area contributed by atoms with Crippen molar-refractivity contribution in [3.63, 3.8) is 0 Å². The third-order valence-electron chi connectivity index (χ3n) is 2.83. The molecule has 0 aromatic heterocycles. The maximum atomic E-state index is 10.0. The van der Waals surface area contributed by atoms with E-state index in [-0.39, 0.29) is 111 Å². The molecule has 9 heteroatoms. The van der Waals surface area contributed by atoms with Gasteiger partial charge in [0, 0.05) is 17.5 Å². The Bertz CT molecular complexity index is 621. The van der Waals surface area contributed by atoms with Crippen LogP contribution in [0.15, 0.2) is 12.1 Å². The van der Waals surface area contributed by atoms with E-state index in [0.29, 0.717) is 0 Å². The first-order valence-corrected chi connectivity index (χ1v) is 7.71. The Morgan fingerprint density at radius 2 is 0.955 bits per heavy atom.